The molecule has 1 aromatic carbocycles. The van der Waals surface area contributed by atoms with Gasteiger partial charge in [0.05, 0.1) is 11.6 Å². The van der Waals surface area contributed by atoms with E-state index in [4.69, 9.17) is 17.1 Å². The molecule has 15 heavy (non-hydrogen) atoms. The molecule has 0 saturated heterocycles. The molecule has 0 aliphatic rings. The average Bonchev–Trinajstić information content (AvgIpc) is 2.20. The number of azide groups is 1. The summed E-state index contributed by atoms with van der Waals surface area (Å²) in [5.41, 5.74) is 8.87. The fourth-order valence-corrected chi connectivity index (χ4v) is 1.21. The average molecular weight is 224 g/mol. The smallest absolute Gasteiger partial charge is 0.127 e. The fourth-order valence-electron chi connectivity index (χ4n) is 0.944. The van der Waals surface area contributed by atoms with Gasteiger partial charge in [0.15, 0.2) is 0 Å². The molecule has 0 atom stereocenters. The summed E-state index contributed by atoms with van der Waals surface area (Å²) >= 11 is 5.84. The summed E-state index contributed by atoms with van der Waals surface area (Å²) in [7, 11) is 0. The highest BCUT2D eigenvalue weighted by Crippen LogP contribution is 2.19. The van der Waals surface area contributed by atoms with Crippen LogP contribution in [0.3, 0.4) is 0 Å². The molecule has 76 valence electrons. The molecular weight excluding hydrogens is 217 g/mol. The first kappa shape index (κ1) is 11.4. The van der Waals surface area contributed by atoms with Gasteiger partial charge in [0.2, 0.25) is 0 Å². The standard InChI is InChI=1S/C10H7ClFN3/c1-7-5-9(11)8(6-10(7)12)3-2-4-14-15-13/h5-6H,4H2,1H3. The number of rotatable bonds is 1. The summed E-state index contributed by atoms with van der Waals surface area (Å²) in [5.74, 6) is 4.84. The van der Waals surface area contributed by atoms with Crippen molar-refractivity contribution in [2.24, 2.45) is 5.11 Å². The molecule has 0 aliphatic carbocycles. The zero-order chi connectivity index (χ0) is 11.3. The highest BCUT2D eigenvalue weighted by atomic mass is 35.5. The van der Waals surface area contributed by atoms with Gasteiger partial charge in [-0.05, 0) is 30.2 Å². The Hall–Kier alpha value is -1.69. The van der Waals surface area contributed by atoms with Gasteiger partial charge in [0, 0.05) is 10.5 Å². The van der Waals surface area contributed by atoms with Crippen molar-refractivity contribution in [3.63, 3.8) is 0 Å². The summed E-state index contributed by atoms with van der Waals surface area (Å²) < 4.78 is 13.1. The van der Waals surface area contributed by atoms with Gasteiger partial charge in [-0.25, -0.2) is 4.39 Å². The molecular formula is C10H7ClFN3. The molecule has 0 heterocycles. The first-order chi connectivity index (χ1) is 7.15. The zero-order valence-corrected chi connectivity index (χ0v) is 8.72. The van der Waals surface area contributed by atoms with Crippen molar-refractivity contribution in [3.8, 4) is 11.8 Å². The summed E-state index contributed by atoms with van der Waals surface area (Å²) in [5, 5.41) is 3.62. The summed E-state index contributed by atoms with van der Waals surface area (Å²) in [4.78, 5) is 2.54. The third kappa shape index (κ3) is 3.17. The number of hydrogen-bond donors (Lipinski definition) is 0. The molecule has 0 spiro atoms. The molecule has 0 bridgehead atoms. The van der Waals surface area contributed by atoms with Crippen LogP contribution < -0.4 is 0 Å². The number of aryl methyl sites for hydroxylation is 1. The second-order valence-corrected chi connectivity index (χ2v) is 3.18. The number of benzene rings is 1. The van der Waals surface area contributed by atoms with Gasteiger partial charge in [-0.15, -0.1) is 0 Å². The van der Waals surface area contributed by atoms with Crippen LogP contribution in [-0.4, -0.2) is 6.54 Å². The van der Waals surface area contributed by atoms with E-state index in [1.807, 2.05) is 0 Å². The van der Waals surface area contributed by atoms with Gasteiger partial charge < -0.3 is 0 Å². The van der Waals surface area contributed by atoms with Gasteiger partial charge in [-0.3, -0.25) is 0 Å². The first-order valence-corrected chi connectivity index (χ1v) is 4.48. The fraction of sp³-hybridized carbons (Fsp3) is 0.200. The second-order valence-electron chi connectivity index (χ2n) is 2.77. The minimum Gasteiger partial charge on any atom is -0.207 e. The van der Waals surface area contributed by atoms with Crippen molar-refractivity contribution in [1.29, 1.82) is 0 Å². The molecule has 0 saturated carbocycles. The molecule has 1 aromatic rings. The van der Waals surface area contributed by atoms with Crippen LogP contribution in [0.1, 0.15) is 11.1 Å². The highest BCUT2D eigenvalue weighted by molar-refractivity contribution is 6.31. The lowest BCUT2D eigenvalue weighted by Gasteiger charge is -1.99. The van der Waals surface area contributed by atoms with Crippen LogP contribution in [-0.2, 0) is 0 Å². The van der Waals surface area contributed by atoms with Crippen LogP contribution in [0.4, 0.5) is 4.39 Å². The van der Waals surface area contributed by atoms with E-state index in [2.05, 4.69) is 21.9 Å². The Labute approximate surface area is 91.5 Å². The van der Waals surface area contributed by atoms with E-state index in [1.54, 1.807) is 6.92 Å². The van der Waals surface area contributed by atoms with E-state index in [0.717, 1.165) is 0 Å². The molecule has 0 aromatic heterocycles. The van der Waals surface area contributed by atoms with Gasteiger partial charge >= 0.3 is 0 Å². The Kier molecular flexibility index (Phi) is 3.99. The van der Waals surface area contributed by atoms with E-state index >= 15 is 0 Å². The normalized spacial score (nSPS) is 8.73. The van der Waals surface area contributed by atoms with Gasteiger partial charge in [-0.2, -0.15) is 0 Å². The van der Waals surface area contributed by atoms with E-state index in [1.165, 1.54) is 12.1 Å². The molecule has 0 radical (unpaired) electrons. The van der Waals surface area contributed by atoms with Crippen molar-refractivity contribution in [1.82, 2.24) is 0 Å². The van der Waals surface area contributed by atoms with Gasteiger partial charge in [0.1, 0.15) is 5.82 Å². The van der Waals surface area contributed by atoms with Crippen molar-refractivity contribution in [2.75, 3.05) is 6.54 Å². The lowest BCUT2D eigenvalue weighted by Crippen LogP contribution is -1.86. The Morgan fingerprint density at radius 2 is 2.33 bits per heavy atom. The van der Waals surface area contributed by atoms with E-state index in [0.29, 0.717) is 16.1 Å². The number of halogens is 2. The van der Waals surface area contributed by atoms with Crippen molar-refractivity contribution >= 4 is 11.6 Å². The summed E-state index contributed by atoms with van der Waals surface area (Å²) in [6, 6.07) is 2.77. The molecule has 5 heteroatoms. The SMILES string of the molecule is Cc1cc(Cl)c(C#CCN=[N+]=[N-])cc1F. The molecule has 3 nitrogen and oxygen atoms in total. The Bertz CT molecular complexity index is 481. The lowest BCUT2D eigenvalue weighted by molar-refractivity contribution is 0.618. The molecule has 1 rings (SSSR count). The van der Waals surface area contributed by atoms with Gasteiger partial charge in [0.25, 0.3) is 0 Å². The third-order valence-electron chi connectivity index (χ3n) is 1.68. The zero-order valence-electron chi connectivity index (χ0n) is 7.96. The van der Waals surface area contributed by atoms with Crippen LogP contribution in [0, 0.1) is 24.6 Å². The topological polar surface area (TPSA) is 48.8 Å². The van der Waals surface area contributed by atoms with Crippen LogP contribution in [0.2, 0.25) is 5.02 Å². The van der Waals surface area contributed by atoms with Crippen LogP contribution >= 0.6 is 11.6 Å². The predicted molar refractivity (Wildman–Crippen MR) is 57.0 cm³/mol. The van der Waals surface area contributed by atoms with E-state index < -0.39 is 0 Å². The highest BCUT2D eigenvalue weighted by Gasteiger charge is 2.02. The maximum atomic E-state index is 13.1. The van der Waals surface area contributed by atoms with Gasteiger partial charge in [-0.1, -0.05) is 28.6 Å². The minimum atomic E-state index is -0.354. The molecule has 0 aliphatic heterocycles. The largest absolute Gasteiger partial charge is 0.207 e. The van der Waals surface area contributed by atoms with E-state index in [9.17, 15) is 4.39 Å². The first-order valence-electron chi connectivity index (χ1n) is 4.10. The summed E-state index contributed by atoms with van der Waals surface area (Å²) in [6.07, 6.45) is 0. The van der Waals surface area contributed by atoms with Crippen LogP contribution in [0.15, 0.2) is 17.2 Å². The van der Waals surface area contributed by atoms with Crippen molar-refractivity contribution < 1.29 is 4.39 Å². The second kappa shape index (κ2) is 5.26. The third-order valence-corrected chi connectivity index (χ3v) is 2.00. The van der Waals surface area contributed by atoms with E-state index in [-0.39, 0.29) is 12.4 Å². The number of hydrogen-bond acceptors (Lipinski definition) is 1. The lowest BCUT2D eigenvalue weighted by atomic mass is 10.1. The molecule has 0 amide bonds. The molecule has 0 N–H and O–H groups in total. The number of nitrogens with zero attached hydrogens (tertiary/aromatic N) is 3. The summed E-state index contributed by atoms with van der Waals surface area (Å²) in [6.45, 7) is 1.67. The quantitative estimate of drug-likeness (QED) is 0.303. The minimum absolute atomic E-state index is 0.0440. The molecule has 0 fully saturated rings. The Morgan fingerprint density at radius 1 is 1.60 bits per heavy atom. The van der Waals surface area contributed by atoms with Crippen molar-refractivity contribution in [2.45, 2.75) is 6.92 Å². The Balaban J connectivity index is 2.98. The monoisotopic (exact) mass is 223 g/mol. The Morgan fingerprint density at radius 3 is 3.00 bits per heavy atom. The predicted octanol–water partition coefficient (Wildman–Crippen LogP) is 3.45. The maximum absolute atomic E-state index is 13.1. The van der Waals surface area contributed by atoms with Crippen molar-refractivity contribution in [3.05, 3.63) is 44.5 Å². The molecule has 0 unspecified atom stereocenters. The van der Waals surface area contributed by atoms with Crippen LogP contribution in [0.25, 0.3) is 10.4 Å². The maximum Gasteiger partial charge on any atom is 0.127 e. The van der Waals surface area contributed by atoms with Crippen LogP contribution in [0.5, 0.6) is 0 Å².